The first-order valence-electron chi connectivity index (χ1n) is 4.93. The molecule has 0 aliphatic carbocycles. The number of thiophene rings is 1. The van der Waals surface area contributed by atoms with Crippen molar-refractivity contribution in [2.75, 3.05) is 5.32 Å². The van der Waals surface area contributed by atoms with Gasteiger partial charge in [-0.05, 0) is 30.3 Å². The SMILES string of the molecule is O=C(Cc1ccc(Cl)s1)Nc1cccc(Cl)c1. The smallest absolute Gasteiger partial charge is 0.229 e. The highest BCUT2D eigenvalue weighted by Gasteiger charge is 2.06. The summed E-state index contributed by atoms with van der Waals surface area (Å²) in [6.07, 6.45) is 0.323. The lowest BCUT2D eigenvalue weighted by atomic mass is 10.3. The lowest BCUT2D eigenvalue weighted by Crippen LogP contribution is -2.13. The van der Waals surface area contributed by atoms with Gasteiger partial charge in [-0.3, -0.25) is 4.79 Å². The number of benzene rings is 1. The number of halogens is 2. The van der Waals surface area contributed by atoms with Gasteiger partial charge in [0.2, 0.25) is 5.91 Å². The summed E-state index contributed by atoms with van der Waals surface area (Å²) in [5.41, 5.74) is 0.699. The van der Waals surface area contributed by atoms with Gasteiger partial charge in [-0.15, -0.1) is 11.3 Å². The second-order valence-electron chi connectivity index (χ2n) is 3.44. The Labute approximate surface area is 113 Å². The van der Waals surface area contributed by atoms with Crippen molar-refractivity contribution in [1.29, 1.82) is 0 Å². The topological polar surface area (TPSA) is 29.1 Å². The van der Waals surface area contributed by atoms with Crippen LogP contribution in [0.25, 0.3) is 0 Å². The Morgan fingerprint density at radius 2 is 2.06 bits per heavy atom. The third kappa shape index (κ3) is 3.73. The molecule has 1 aromatic carbocycles. The predicted molar refractivity (Wildman–Crippen MR) is 73.1 cm³/mol. The molecular formula is C12H9Cl2NOS. The van der Waals surface area contributed by atoms with Gasteiger partial charge in [0.15, 0.2) is 0 Å². The van der Waals surface area contributed by atoms with Crippen LogP contribution >= 0.6 is 34.5 Å². The third-order valence-electron chi connectivity index (χ3n) is 2.07. The molecule has 2 rings (SSSR count). The summed E-state index contributed by atoms with van der Waals surface area (Å²) in [5.74, 6) is -0.0780. The maximum absolute atomic E-state index is 11.7. The number of anilines is 1. The number of hydrogen-bond acceptors (Lipinski definition) is 2. The Bertz CT molecular complexity index is 539. The van der Waals surface area contributed by atoms with Crippen LogP contribution in [0.4, 0.5) is 5.69 Å². The fraction of sp³-hybridized carbons (Fsp3) is 0.0833. The fourth-order valence-corrected chi connectivity index (χ4v) is 2.65. The van der Waals surface area contributed by atoms with E-state index in [9.17, 15) is 4.79 Å². The summed E-state index contributed by atoms with van der Waals surface area (Å²) in [6, 6.07) is 10.7. The van der Waals surface area contributed by atoms with E-state index in [1.165, 1.54) is 11.3 Å². The van der Waals surface area contributed by atoms with E-state index < -0.39 is 0 Å². The van der Waals surface area contributed by atoms with E-state index in [-0.39, 0.29) is 5.91 Å². The van der Waals surface area contributed by atoms with Crippen molar-refractivity contribution in [2.45, 2.75) is 6.42 Å². The quantitative estimate of drug-likeness (QED) is 0.898. The molecule has 88 valence electrons. The highest BCUT2D eigenvalue weighted by Crippen LogP contribution is 2.22. The lowest BCUT2D eigenvalue weighted by Gasteiger charge is -2.04. The standard InChI is InChI=1S/C12H9Cl2NOS/c13-8-2-1-3-9(6-8)15-12(16)7-10-4-5-11(14)17-10/h1-6H,7H2,(H,15,16). The highest BCUT2D eigenvalue weighted by atomic mass is 35.5. The third-order valence-corrected chi connectivity index (χ3v) is 3.54. The zero-order valence-corrected chi connectivity index (χ0v) is 11.1. The molecule has 1 N–H and O–H groups in total. The molecule has 0 radical (unpaired) electrons. The monoisotopic (exact) mass is 285 g/mol. The summed E-state index contributed by atoms with van der Waals surface area (Å²) in [4.78, 5) is 12.7. The summed E-state index contributed by atoms with van der Waals surface area (Å²) in [7, 11) is 0. The maximum Gasteiger partial charge on any atom is 0.229 e. The minimum atomic E-state index is -0.0780. The van der Waals surface area contributed by atoms with Crippen molar-refractivity contribution in [3.05, 3.63) is 50.6 Å². The molecular weight excluding hydrogens is 277 g/mol. The average Bonchev–Trinajstić information content (AvgIpc) is 2.63. The van der Waals surface area contributed by atoms with Crippen LogP contribution in [-0.4, -0.2) is 5.91 Å². The van der Waals surface area contributed by atoms with Gasteiger partial charge >= 0.3 is 0 Å². The Morgan fingerprint density at radius 1 is 1.24 bits per heavy atom. The van der Waals surface area contributed by atoms with E-state index in [2.05, 4.69) is 5.32 Å². The molecule has 17 heavy (non-hydrogen) atoms. The molecule has 0 saturated heterocycles. The zero-order valence-electron chi connectivity index (χ0n) is 8.74. The van der Waals surface area contributed by atoms with Gasteiger partial charge in [0.05, 0.1) is 10.8 Å². The number of hydrogen-bond donors (Lipinski definition) is 1. The van der Waals surface area contributed by atoms with Gasteiger partial charge in [-0.2, -0.15) is 0 Å². The van der Waals surface area contributed by atoms with E-state index in [1.807, 2.05) is 6.07 Å². The summed E-state index contributed by atoms with van der Waals surface area (Å²) in [6.45, 7) is 0. The summed E-state index contributed by atoms with van der Waals surface area (Å²) >= 11 is 13.0. The second-order valence-corrected chi connectivity index (χ2v) is 5.68. The first-order chi connectivity index (χ1) is 8.13. The molecule has 0 spiro atoms. The van der Waals surface area contributed by atoms with Crippen LogP contribution in [0.2, 0.25) is 9.36 Å². The normalized spacial score (nSPS) is 10.2. The van der Waals surface area contributed by atoms with Crippen molar-refractivity contribution in [2.24, 2.45) is 0 Å². The van der Waals surface area contributed by atoms with Crippen LogP contribution in [0.1, 0.15) is 4.88 Å². The molecule has 5 heteroatoms. The van der Waals surface area contributed by atoms with Crippen LogP contribution < -0.4 is 5.32 Å². The number of rotatable bonds is 3. The summed E-state index contributed by atoms with van der Waals surface area (Å²) < 4.78 is 0.690. The Balaban J connectivity index is 1.98. The first kappa shape index (κ1) is 12.4. The van der Waals surface area contributed by atoms with E-state index in [1.54, 1.807) is 30.3 Å². The molecule has 2 aromatic rings. The number of carbonyl (C=O) groups excluding carboxylic acids is 1. The zero-order chi connectivity index (χ0) is 12.3. The largest absolute Gasteiger partial charge is 0.326 e. The molecule has 1 heterocycles. The molecule has 1 aromatic heterocycles. The van der Waals surface area contributed by atoms with E-state index >= 15 is 0 Å². The first-order valence-corrected chi connectivity index (χ1v) is 6.50. The molecule has 1 amide bonds. The number of carbonyl (C=O) groups is 1. The minimum Gasteiger partial charge on any atom is -0.326 e. The van der Waals surface area contributed by atoms with Crippen LogP contribution in [-0.2, 0) is 11.2 Å². The van der Waals surface area contributed by atoms with Gasteiger partial charge in [0.1, 0.15) is 0 Å². The average molecular weight is 286 g/mol. The van der Waals surface area contributed by atoms with Gasteiger partial charge in [-0.1, -0.05) is 29.3 Å². The van der Waals surface area contributed by atoms with Crippen molar-refractivity contribution in [1.82, 2.24) is 0 Å². The van der Waals surface area contributed by atoms with Crippen LogP contribution in [0.15, 0.2) is 36.4 Å². The van der Waals surface area contributed by atoms with Crippen molar-refractivity contribution in [3.63, 3.8) is 0 Å². The predicted octanol–water partition coefficient (Wildman–Crippen LogP) is 4.24. The van der Waals surface area contributed by atoms with Crippen LogP contribution in [0, 0.1) is 0 Å². The minimum absolute atomic E-state index is 0.0780. The van der Waals surface area contributed by atoms with Crippen molar-refractivity contribution in [3.8, 4) is 0 Å². The highest BCUT2D eigenvalue weighted by molar-refractivity contribution is 7.16. The second kappa shape index (κ2) is 5.54. The maximum atomic E-state index is 11.7. The van der Waals surface area contributed by atoms with Crippen LogP contribution in [0.5, 0.6) is 0 Å². The summed E-state index contributed by atoms with van der Waals surface area (Å²) in [5, 5.41) is 3.38. The molecule has 0 aliphatic heterocycles. The van der Waals surface area contributed by atoms with E-state index in [0.717, 1.165) is 4.88 Å². The fourth-order valence-electron chi connectivity index (χ4n) is 1.38. The molecule has 0 bridgehead atoms. The van der Waals surface area contributed by atoms with E-state index in [0.29, 0.717) is 21.5 Å². The molecule has 0 aliphatic rings. The molecule has 0 fully saturated rings. The Hall–Kier alpha value is -1.03. The van der Waals surface area contributed by atoms with Crippen molar-refractivity contribution < 1.29 is 4.79 Å². The van der Waals surface area contributed by atoms with Crippen molar-refractivity contribution >= 4 is 46.1 Å². The van der Waals surface area contributed by atoms with Gasteiger partial charge in [0, 0.05) is 15.6 Å². The van der Waals surface area contributed by atoms with Gasteiger partial charge in [0.25, 0.3) is 0 Å². The van der Waals surface area contributed by atoms with Crippen LogP contribution in [0.3, 0.4) is 0 Å². The Morgan fingerprint density at radius 3 is 2.71 bits per heavy atom. The molecule has 2 nitrogen and oxygen atoms in total. The van der Waals surface area contributed by atoms with Gasteiger partial charge in [-0.25, -0.2) is 0 Å². The number of nitrogens with one attached hydrogen (secondary N) is 1. The lowest BCUT2D eigenvalue weighted by molar-refractivity contribution is -0.115. The Kier molecular flexibility index (Phi) is 4.05. The molecule has 0 atom stereocenters. The van der Waals surface area contributed by atoms with Gasteiger partial charge < -0.3 is 5.32 Å². The number of amides is 1. The van der Waals surface area contributed by atoms with E-state index in [4.69, 9.17) is 23.2 Å². The molecule has 0 unspecified atom stereocenters. The molecule has 0 saturated carbocycles.